The number of esters is 1. The second-order valence-corrected chi connectivity index (χ2v) is 10.5. The summed E-state index contributed by atoms with van der Waals surface area (Å²) in [5.74, 6) is -0.908. The van der Waals surface area contributed by atoms with Crippen LogP contribution in [0, 0.1) is 0 Å². The monoisotopic (exact) mass is 444 g/mol. The van der Waals surface area contributed by atoms with Crippen LogP contribution in [0.4, 0.5) is 0 Å². The lowest BCUT2D eigenvalue weighted by molar-refractivity contribution is -0.124. The number of ether oxygens (including phenoxy) is 1. The topological polar surface area (TPSA) is 102 Å². The number of benzene rings is 2. The van der Waals surface area contributed by atoms with Crippen molar-refractivity contribution in [2.75, 3.05) is 6.61 Å². The van der Waals surface area contributed by atoms with Gasteiger partial charge in [-0.3, -0.25) is 4.79 Å². The van der Waals surface area contributed by atoms with Crippen LogP contribution in [0.2, 0.25) is 0 Å². The molecule has 0 aromatic heterocycles. The van der Waals surface area contributed by atoms with E-state index < -0.39 is 16.0 Å². The molecular formula is C23H28N2O5S. The van der Waals surface area contributed by atoms with Crippen LogP contribution in [-0.4, -0.2) is 32.9 Å². The van der Waals surface area contributed by atoms with Gasteiger partial charge in [0.25, 0.3) is 5.91 Å². The molecule has 3 rings (SSSR count). The Morgan fingerprint density at radius 2 is 1.61 bits per heavy atom. The highest BCUT2D eigenvalue weighted by Gasteiger charge is 2.23. The van der Waals surface area contributed by atoms with Crippen molar-refractivity contribution in [1.29, 1.82) is 0 Å². The summed E-state index contributed by atoms with van der Waals surface area (Å²) in [5.41, 5.74) is 1.99. The molecule has 7 nitrogen and oxygen atoms in total. The molecule has 2 aromatic carbocycles. The molecule has 8 heteroatoms. The Bertz CT molecular complexity index is 1030. The Morgan fingerprint density at radius 1 is 1.00 bits per heavy atom. The van der Waals surface area contributed by atoms with Crippen molar-refractivity contribution in [2.24, 2.45) is 0 Å². The highest BCUT2D eigenvalue weighted by Crippen LogP contribution is 2.23. The van der Waals surface area contributed by atoms with Gasteiger partial charge in [0.1, 0.15) is 0 Å². The summed E-state index contributed by atoms with van der Waals surface area (Å²) in [6, 6.07) is 13.4. The van der Waals surface area contributed by atoms with Gasteiger partial charge < -0.3 is 10.1 Å². The molecule has 0 aliphatic heterocycles. The van der Waals surface area contributed by atoms with Gasteiger partial charge in [0, 0.05) is 12.6 Å². The molecule has 1 fully saturated rings. The summed E-state index contributed by atoms with van der Waals surface area (Å²) in [5, 5.41) is 2.74. The molecule has 0 heterocycles. The number of rotatable bonds is 8. The highest BCUT2D eigenvalue weighted by molar-refractivity contribution is 7.89. The van der Waals surface area contributed by atoms with E-state index in [0.29, 0.717) is 11.1 Å². The number of nitrogens with one attached hydrogen (secondary N) is 2. The van der Waals surface area contributed by atoms with Gasteiger partial charge in [0.15, 0.2) is 6.61 Å². The number of sulfonamides is 1. The molecule has 2 aromatic rings. The molecule has 31 heavy (non-hydrogen) atoms. The zero-order chi connectivity index (χ0) is 22.6. The van der Waals surface area contributed by atoms with Gasteiger partial charge in [-0.2, -0.15) is 0 Å². The Hall–Kier alpha value is -2.71. The normalized spacial score (nSPS) is 14.2. The molecule has 0 spiro atoms. The Morgan fingerprint density at radius 3 is 2.16 bits per heavy atom. The second-order valence-electron chi connectivity index (χ2n) is 8.71. The Balaban J connectivity index is 1.53. The van der Waals surface area contributed by atoms with Crippen molar-refractivity contribution in [2.45, 2.75) is 56.5 Å². The quantitative estimate of drug-likeness (QED) is 0.610. The van der Waals surface area contributed by atoms with E-state index in [2.05, 4.69) is 30.8 Å². The SMILES string of the molecule is CC(C)(C)c1ccc(S(=O)(=O)NCc2ccc(C(=O)OCC(=O)NC3CC3)cc2)cc1. The summed E-state index contributed by atoms with van der Waals surface area (Å²) in [6.07, 6.45) is 1.93. The lowest BCUT2D eigenvalue weighted by atomic mass is 9.87. The predicted octanol–water partition coefficient (Wildman–Crippen LogP) is 2.90. The van der Waals surface area contributed by atoms with Gasteiger partial charge >= 0.3 is 5.97 Å². The van der Waals surface area contributed by atoms with Crippen LogP contribution in [-0.2, 0) is 31.5 Å². The molecule has 0 bridgehead atoms. The van der Waals surface area contributed by atoms with Crippen molar-refractivity contribution in [3.8, 4) is 0 Å². The van der Waals surface area contributed by atoms with Gasteiger partial charge in [-0.05, 0) is 53.6 Å². The van der Waals surface area contributed by atoms with Gasteiger partial charge in [0.05, 0.1) is 10.5 Å². The molecule has 1 amide bonds. The van der Waals surface area contributed by atoms with Crippen molar-refractivity contribution in [3.05, 3.63) is 65.2 Å². The first-order chi connectivity index (χ1) is 14.5. The number of carbonyl (C=O) groups excluding carboxylic acids is 2. The van der Waals surface area contributed by atoms with E-state index in [4.69, 9.17) is 4.74 Å². The van der Waals surface area contributed by atoms with E-state index in [1.165, 1.54) is 0 Å². The van der Waals surface area contributed by atoms with E-state index in [1.54, 1.807) is 36.4 Å². The maximum atomic E-state index is 12.5. The standard InChI is InChI=1S/C23H28N2O5S/c1-23(2,3)18-8-12-20(13-9-18)31(28,29)24-14-16-4-6-17(7-5-16)22(27)30-15-21(26)25-19-10-11-19/h4-9,12-13,19,24H,10-11,14-15H2,1-3H3,(H,25,26). The summed E-state index contributed by atoms with van der Waals surface area (Å²) < 4.78 is 32.7. The van der Waals surface area contributed by atoms with Crippen LogP contribution in [0.15, 0.2) is 53.4 Å². The average Bonchev–Trinajstić information content (AvgIpc) is 3.54. The van der Waals surface area contributed by atoms with Crippen LogP contribution in [0.3, 0.4) is 0 Å². The summed E-state index contributed by atoms with van der Waals surface area (Å²) in [7, 11) is -3.66. The fourth-order valence-corrected chi connectivity index (χ4v) is 3.88. The lowest BCUT2D eigenvalue weighted by Gasteiger charge is -2.19. The highest BCUT2D eigenvalue weighted by atomic mass is 32.2. The number of hydrogen-bond acceptors (Lipinski definition) is 5. The average molecular weight is 445 g/mol. The van der Waals surface area contributed by atoms with Gasteiger partial charge in [0.2, 0.25) is 10.0 Å². The third kappa shape index (κ3) is 6.63. The van der Waals surface area contributed by atoms with E-state index >= 15 is 0 Å². The van der Waals surface area contributed by atoms with E-state index in [9.17, 15) is 18.0 Å². The molecule has 1 aliphatic rings. The first-order valence-corrected chi connectivity index (χ1v) is 11.7. The van der Waals surface area contributed by atoms with Crippen LogP contribution in [0.5, 0.6) is 0 Å². The van der Waals surface area contributed by atoms with Gasteiger partial charge in [-0.25, -0.2) is 17.9 Å². The lowest BCUT2D eigenvalue weighted by Crippen LogP contribution is -2.30. The van der Waals surface area contributed by atoms with Crippen molar-refractivity contribution in [3.63, 3.8) is 0 Å². The van der Waals surface area contributed by atoms with Gasteiger partial charge in [-0.1, -0.05) is 45.0 Å². The molecule has 0 radical (unpaired) electrons. The number of amides is 1. The molecule has 0 unspecified atom stereocenters. The smallest absolute Gasteiger partial charge is 0.338 e. The maximum absolute atomic E-state index is 12.5. The molecule has 166 valence electrons. The van der Waals surface area contributed by atoms with E-state index in [0.717, 1.165) is 18.4 Å². The minimum absolute atomic E-state index is 0.0559. The summed E-state index contributed by atoms with van der Waals surface area (Å²) in [6.45, 7) is 5.97. The number of hydrogen-bond donors (Lipinski definition) is 2. The first-order valence-electron chi connectivity index (χ1n) is 10.2. The van der Waals surface area contributed by atoms with Crippen molar-refractivity contribution in [1.82, 2.24) is 10.0 Å². The third-order valence-corrected chi connectivity index (χ3v) is 6.38. The Labute approximate surface area is 183 Å². The predicted molar refractivity (Wildman–Crippen MR) is 117 cm³/mol. The van der Waals surface area contributed by atoms with Gasteiger partial charge in [-0.15, -0.1) is 0 Å². The van der Waals surface area contributed by atoms with Crippen molar-refractivity contribution < 1.29 is 22.7 Å². The summed E-state index contributed by atoms with van der Waals surface area (Å²) in [4.78, 5) is 23.8. The molecule has 1 saturated carbocycles. The molecule has 1 aliphatic carbocycles. The second kappa shape index (κ2) is 9.20. The largest absolute Gasteiger partial charge is 0.452 e. The fraction of sp³-hybridized carbons (Fsp3) is 0.391. The van der Waals surface area contributed by atoms with E-state index in [-0.39, 0.29) is 35.4 Å². The molecule has 0 saturated heterocycles. The zero-order valence-electron chi connectivity index (χ0n) is 18.0. The third-order valence-electron chi connectivity index (χ3n) is 4.96. The zero-order valence-corrected chi connectivity index (χ0v) is 18.8. The fourth-order valence-electron chi connectivity index (χ4n) is 2.87. The van der Waals surface area contributed by atoms with Crippen LogP contribution in [0.1, 0.15) is 55.1 Å². The summed E-state index contributed by atoms with van der Waals surface area (Å²) >= 11 is 0. The van der Waals surface area contributed by atoms with Crippen LogP contribution >= 0.6 is 0 Å². The van der Waals surface area contributed by atoms with Crippen molar-refractivity contribution >= 4 is 21.9 Å². The maximum Gasteiger partial charge on any atom is 0.338 e. The first kappa shape index (κ1) is 23.0. The molecule has 0 atom stereocenters. The van der Waals surface area contributed by atoms with E-state index in [1.807, 2.05) is 12.1 Å². The minimum atomic E-state index is -3.66. The van der Waals surface area contributed by atoms with Crippen LogP contribution in [0.25, 0.3) is 0 Å². The molecular weight excluding hydrogens is 416 g/mol. The Kier molecular flexibility index (Phi) is 6.81. The number of carbonyl (C=O) groups is 2. The minimum Gasteiger partial charge on any atom is -0.452 e. The van der Waals surface area contributed by atoms with Crippen LogP contribution < -0.4 is 10.0 Å². The molecule has 2 N–H and O–H groups in total.